The number of nitrogens with zero attached hydrogens (tertiary/aromatic N) is 4. The highest BCUT2D eigenvalue weighted by Crippen LogP contribution is 2.25. The molecule has 0 aliphatic heterocycles. The Balaban J connectivity index is 1.26. The van der Waals surface area contributed by atoms with E-state index in [-0.39, 0.29) is 5.69 Å². The molecule has 0 saturated heterocycles. The lowest BCUT2D eigenvalue weighted by Crippen LogP contribution is -2.12. The first kappa shape index (κ1) is 20.0. The number of fused-ring (bicyclic) bond motifs is 2. The molecule has 6 aromatic rings. The molecule has 0 bridgehead atoms. The molecule has 0 radical (unpaired) electrons. The van der Waals surface area contributed by atoms with Crippen LogP contribution in [0.2, 0.25) is 0 Å². The number of nitrogens with two attached hydrogens (primary N) is 1. The molecular formula is C27H22N6O. The third kappa shape index (κ3) is 3.44. The van der Waals surface area contributed by atoms with Crippen molar-refractivity contribution in [3.8, 4) is 16.8 Å². The van der Waals surface area contributed by atoms with Gasteiger partial charge in [0.1, 0.15) is 0 Å². The van der Waals surface area contributed by atoms with Gasteiger partial charge in [0.15, 0.2) is 5.69 Å². The number of aryl methyl sites for hydroxylation is 1. The van der Waals surface area contributed by atoms with Gasteiger partial charge in [0.05, 0.1) is 17.4 Å². The maximum Gasteiger partial charge on any atom is 0.269 e. The summed E-state index contributed by atoms with van der Waals surface area (Å²) >= 11 is 0. The van der Waals surface area contributed by atoms with E-state index >= 15 is 0 Å². The van der Waals surface area contributed by atoms with Gasteiger partial charge in [0.2, 0.25) is 0 Å². The SMILES string of the molecule is Cc1cc(C(N)=O)nn1-c1ccc2c(ccn2Cc2ccc(-c3ccc4cn[nH]c4c3)cc2)c1. The molecule has 0 saturated carbocycles. The molecule has 166 valence electrons. The van der Waals surface area contributed by atoms with Crippen LogP contribution in [0.3, 0.4) is 0 Å². The van der Waals surface area contributed by atoms with Crippen LogP contribution in [0, 0.1) is 6.92 Å². The molecular weight excluding hydrogens is 424 g/mol. The van der Waals surface area contributed by atoms with Crippen LogP contribution in [0.1, 0.15) is 21.7 Å². The van der Waals surface area contributed by atoms with Gasteiger partial charge >= 0.3 is 0 Å². The maximum absolute atomic E-state index is 11.5. The van der Waals surface area contributed by atoms with E-state index in [1.165, 1.54) is 11.1 Å². The van der Waals surface area contributed by atoms with Crippen molar-refractivity contribution in [2.45, 2.75) is 13.5 Å². The fraction of sp³-hybridized carbons (Fsp3) is 0.0741. The topological polar surface area (TPSA) is 94.5 Å². The van der Waals surface area contributed by atoms with Gasteiger partial charge in [-0.2, -0.15) is 10.2 Å². The van der Waals surface area contributed by atoms with Gasteiger partial charge in [-0.15, -0.1) is 0 Å². The highest BCUT2D eigenvalue weighted by atomic mass is 16.1. The normalized spacial score (nSPS) is 11.4. The van der Waals surface area contributed by atoms with Gasteiger partial charge in [0.25, 0.3) is 5.91 Å². The lowest BCUT2D eigenvalue weighted by molar-refractivity contribution is 0.0995. The van der Waals surface area contributed by atoms with E-state index in [0.717, 1.165) is 45.3 Å². The number of H-pyrrole nitrogens is 1. The molecule has 0 unspecified atom stereocenters. The van der Waals surface area contributed by atoms with Crippen LogP contribution >= 0.6 is 0 Å². The molecule has 1 amide bonds. The average Bonchev–Trinajstić information content (AvgIpc) is 3.57. The number of carbonyl (C=O) groups excluding carboxylic acids is 1. The highest BCUT2D eigenvalue weighted by Gasteiger charge is 2.12. The van der Waals surface area contributed by atoms with Crippen molar-refractivity contribution in [3.63, 3.8) is 0 Å². The number of amides is 1. The van der Waals surface area contributed by atoms with Crippen molar-refractivity contribution in [3.05, 3.63) is 102 Å². The first-order valence-electron chi connectivity index (χ1n) is 11.0. The van der Waals surface area contributed by atoms with Gasteiger partial charge in [-0.3, -0.25) is 9.89 Å². The number of hydrogen-bond acceptors (Lipinski definition) is 3. The van der Waals surface area contributed by atoms with Gasteiger partial charge in [-0.1, -0.05) is 36.4 Å². The summed E-state index contributed by atoms with van der Waals surface area (Å²) in [5, 5.41) is 13.7. The Hall–Kier alpha value is -4.65. The number of carbonyl (C=O) groups is 1. The number of hydrogen-bond donors (Lipinski definition) is 2. The lowest BCUT2D eigenvalue weighted by Gasteiger charge is -2.09. The van der Waals surface area contributed by atoms with E-state index in [1.807, 2.05) is 19.2 Å². The van der Waals surface area contributed by atoms with Crippen molar-refractivity contribution >= 4 is 27.7 Å². The summed E-state index contributed by atoms with van der Waals surface area (Å²) < 4.78 is 3.98. The molecule has 3 aromatic heterocycles. The first-order valence-corrected chi connectivity index (χ1v) is 11.0. The molecule has 0 aliphatic rings. The lowest BCUT2D eigenvalue weighted by atomic mass is 10.0. The third-order valence-electron chi connectivity index (χ3n) is 6.22. The standard InChI is InChI=1S/C27H22N6O/c1-17-12-25(27(28)34)31-33(17)23-8-9-26-21(13-23)10-11-32(26)16-18-2-4-19(5-3-18)20-6-7-22-15-29-30-24(22)14-20/h2-15H,16H2,1H3,(H2,28,34)(H,29,30). The third-order valence-corrected chi connectivity index (χ3v) is 6.22. The number of nitrogens with one attached hydrogen (secondary N) is 1. The molecule has 0 spiro atoms. The van der Waals surface area contributed by atoms with Crippen molar-refractivity contribution < 1.29 is 4.79 Å². The van der Waals surface area contributed by atoms with Crippen LogP contribution in [-0.4, -0.2) is 30.5 Å². The summed E-state index contributed by atoms with van der Waals surface area (Å²) in [6, 6.07) is 25.0. The van der Waals surface area contributed by atoms with Crippen LogP contribution in [0.4, 0.5) is 0 Å². The fourth-order valence-electron chi connectivity index (χ4n) is 4.43. The molecule has 0 aliphatic carbocycles. The summed E-state index contributed by atoms with van der Waals surface area (Å²) in [6.07, 6.45) is 3.93. The van der Waals surface area contributed by atoms with E-state index in [0.29, 0.717) is 0 Å². The Labute approximate surface area is 195 Å². The summed E-state index contributed by atoms with van der Waals surface area (Å²) in [6.45, 7) is 2.68. The number of rotatable bonds is 5. The Morgan fingerprint density at radius 1 is 0.941 bits per heavy atom. The predicted molar refractivity (Wildman–Crippen MR) is 133 cm³/mol. The maximum atomic E-state index is 11.5. The Morgan fingerprint density at radius 3 is 2.56 bits per heavy atom. The second-order valence-electron chi connectivity index (χ2n) is 8.50. The van der Waals surface area contributed by atoms with Crippen molar-refractivity contribution in [1.82, 2.24) is 24.5 Å². The van der Waals surface area contributed by atoms with Crippen LogP contribution < -0.4 is 5.73 Å². The van der Waals surface area contributed by atoms with Crippen LogP contribution in [-0.2, 0) is 6.54 Å². The zero-order valence-electron chi connectivity index (χ0n) is 18.6. The molecule has 7 heteroatoms. The monoisotopic (exact) mass is 446 g/mol. The summed E-state index contributed by atoms with van der Waals surface area (Å²) in [4.78, 5) is 11.5. The molecule has 34 heavy (non-hydrogen) atoms. The molecule has 3 aromatic carbocycles. The van der Waals surface area contributed by atoms with E-state index in [4.69, 9.17) is 5.73 Å². The minimum absolute atomic E-state index is 0.267. The van der Waals surface area contributed by atoms with E-state index in [2.05, 4.69) is 86.7 Å². The second kappa shape index (κ2) is 7.74. The smallest absolute Gasteiger partial charge is 0.269 e. The van der Waals surface area contributed by atoms with Gasteiger partial charge < -0.3 is 10.3 Å². The fourth-order valence-corrected chi connectivity index (χ4v) is 4.43. The first-order chi connectivity index (χ1) is 16.5. The van der Waals surface area contributed by atoms with Crippen LogP contribution in [0.5, 0.6) is 0 Å². The molecule has 3 heterocycles. The molecule has 7 nitrogen and oxygen atoms in total. The minimum Gasteiger partial charge on any atom is -0.364 e. The molecule has 0 fully saturated rings. The Bertz CT molecular complexity index is 1670. The van der Waals surface area contributed by atoms with Crippen molar-refractivity contribution in [1.29, 1.82) is 0 Å². The summed E-state index contributed by atoms with van der Waals surface area (Å²) in [5.74, 6) is -0.526. The number of aromatic amines is 1. The molecule has 3 N–H and O–H groups in total. The number of primary amides is 1. The molecule has 6 rings (SSSR count). The van der Waals surface area contributed by atoms with Crippen molar-refractivity contribution in [2.75, 3.05) is 0 Å². The van der Waals surface area contributed by atoms with Gasteiger partial charge in [0, 0.05) is 34.7 Å². The highest BCUT2D eigenvalue weighted by molar-refractivity contribution is 5.91. The minimum atomic E-state index is -0.526. The zero-order chi connectivity index (χ0) is 23.2. The summed E-state index contributed by atoms with van der Waals surface area (Å²) in [5.41, 5.74) is 13.1. The number of benzene rings is 3. The predicted octanol–water partition coefficient (Wildman–Crippen LogP) is 4.83. The van der Waals surface area contributed by atoms with E-state index in [9.17, 15) is 4.79 Å². The van der Waals surface area contributed by atoms with Gasteiger partial charge in [-0.25, -0.2) is 4.68 Å². The zero-order valence-corrected chi connectivity index (χ0v) is 18.6. The summed E-state index contributed by atoms with van der Waals surface area (Å²) in [7, 11) is 0. The Kier molecular flexibility index (Phi) is 4.55. The average molecular weight is 447 g/mol. The largest absolute Gasteiger partial charge is 0.364 e. The Morgan fingerprint density at radius 2 is 1.76 bits per heavy atom. The van der Waals surface area contributed by atoms with E-state index in [1.54, 1.807) is 10.7 Å². The second-order valence-corrected chi connectivity index (χ2v) is 8.50. The van der Waals surface area contributed by atoms with Crippen molar-refractivity contribution in [2.24, 2.45) is 5.73 Å². The van der Waals surface area contributed by atoms with E-state index < -0.39 is 5.91 Å². The number of aromatic nitrogens is 5. The van der Waals surface area contributed by atoms with Crippen LogP contribution in [0.15, 0.2) is 85.2 Å². The van der Waals surface area contributed by atoms with Gasteiger partial charge in [-0.05, 0) is 60.0 Å². The quantitative estimate of drug-likeness (QED) is 0.397. The molecule has 0 atom stereocenters. The van der Waals surface area contributed by atoms with Crippen LogP contribution in [0.25, 0.3) is 38.6 Å².